The van der Waals surface area contributed by atoms with Crippen LogP contribution in [0, 0.1) is 6.92 Å². The Balaban J connectivity index is 1.95. The van der Waals surface area contributed by atoms with Gasteiger partial charge in [0.25, 0.3) is 5.76 Å². The van der Waals surface area contributed by atoms with Crippen molar-refractivity contribution in [2.45, 2.75) is 24.1 Å². The molecular weight excluding hydrogens is 292 g/mol. The van der Waals surface area contributed by atoms with E-state index in [1.807, 2.05) is 19.1 Å². The van der Waals surface area contributed by atoms with E-state index in [0.717, 1.165) is 22.6 Å². The molecule has 112 valence electrons. The standard InChI is InChI=1S/C16H17F2NOS/c1-11-9-12(3-8-15(11)20-2)10-19-13-4-6-14(7-5-13)21-16(17)18/h3-9,16,19H,10H2,1-2H3. The third-order valence-corrected chi connectivity index (χ3v) is 3.76. The molecule has 1 N–H and O–H groups in total. The van der Waals surface area contributed by atoms with Crippen molar-refractivity contribution < 1.29 is 13.5 Å². The van der Waals surface area contributed by atoms with E-state index in [1.54, 1.807) is 31.4 Å². The topological polar surface area (TPSA) is 21.3 Å². The molecule has 0 radical (unpaired) electrons. The van der Waals surface area contributed by atoms with Crippen LogP contribution in [0.1, 0.15) is 11.1 Å². The van der Waals surface area contributed by atoms with Crippen LogP contribution in [0.15, 0.2) is 47.4 Å². The predicted molar refractivity (Wildman–Crippen MR) is 83.4 cm³/mol. The molecule has 0 saturated heterocycles. The van der Waals surface area contributed by atoms with Crippen molar-refractivity contribution in [3.63, 3.8) is 0 Å². The molecule has 0 fully saturated rings. The normalized spacial score (nSPS) is 10.7. The highest BCUT2D eigenvalue weighted by atomic mass is 32.2. The summed E-state index contributed by atoms with van der Waals surface area (Å²) in [6.45, 7) is 2.67. The molecule has 0 bridgehead atoms. The molecule has 0 aromatic heterocycles. The summed E-state index contributed by atoms with van der Waals surface area (Å²) in [5.74, 6) is -1.52. The molecule has 0 aliphatic rings. The second-order valence-corrected chi connectivity index (χ2v) is 5.62. The Morgan fingerprint density at radius 2 is 1.86 bits per heavy atom. The minimum atomic E-state index is -2.38. The first-order valence-corrected chi connectivity index (χ1v) is 7.38. The van der Waals surface area contributed by atoms with Gasteiger partial charge in [0.2, 0.25) is 0 Å². The van der Waals surface area contributed by atoms with Gasteiger partial charge < -0.3 is 10.1 Å². The number of rotatable bonds is 6. The van der Waals surface area contributed by atoms with Crippen LogP contribution in [0.4, 0.5) is 14.5 Å². The van der Waals surface area contributed by atoms with Crippen LogP contribution in [0.25, 0.3) is 0 Å². The number of hydrogen-bond acceptors (Lipinski definition) is 3. The van der Waals surface area contributed by atoms with Crippen molar-refractivity contribution in [1.82, 2.24) is 0 Å². The van der Waals surface area contributed by atoms with Gasteiger partial charge in [0, 0.05) is 17.1 Å². The van der Waals surface area contributed by atoms with Crippen molar-refractivity contribution in [1.29, 1.82) is 0 Å². The fourth-order valence-corrected chi connectivity index (χ4v) is 2.51. The summed E-state index contributed by atoms with van der Waals surface area (Å²) >= 11 is 0.553. The average molecular weight is 309 g/mol. The lowest BCUT2D eigenvalue weighted by Crippen LogP contribution is -2.00. The van der Waals surface area contributed by atoms with E-state index in [0.29, 0.717) is 23.2 Å². The maximum absolute atomic E-state index is 12.2. The van der Waals surface area contributed by atoms with Crippen LogP contribution in [0.3, 0.4) is 0 Å². The molecule has 0 aliphatic heterocycles. The molecule has 0 saturated carbocycles. The Morgan fingerprint density at radius 1 is 1.14 bits per heavy atom. The molecule has 2 aromatic carbocycles. The molecule has 0 atom stereocenters. The first-order chi connectivity index (χ1) is 10.1. The number of benzene rings is 2. The maximum atomic E-state index is 12.2. The third kappa shape index (κ3) is 4.63. The monoisotopic (exact) mass is 309 g/mol. The molecule has 2 rings (SSSR count). The molecule has 2 aromatic rings. The smallest absolute Gasteiger partial charge is 0.288 e. The van der Waals surface area contributed by atoms with Crippen molar-refractivity contribution in [3.05, 3.63) is 53.6 Å². The van der Waals surface area contributed by atoms with Crippen molar-refractivity contribution in [2.75, 3.05) is 12.4 Å². The summed E-state index contributed by atoms with van der Waals surface area (Å²) in [6, 6.07) is 13.0. The summed E-state index contributed by atoms with van der Waals surface area (Å²) < 4.78 is 29.7. The second-order valence-electron chi connectivity index (χ2n) is 4.56. The van der Waals surface area contributed by atoms with Gasteiger partial charge in [-0.2, -0.15) is 8.78 Å². The fraction of sp³-hybridized carbons (Fsp3) is 0.250. The van der Waals surface area contributed by atoms with Gasteiger partial charge in [-0.25, -0.2) is 0 Å². The van der Waals surface area contributed by atoms with Gasteiger partial charge in [0.05, 0.1) is 7.11 Å². The van der Waals surface area contributed by atoms with E-state index in [2.05, 4.69) is 11.4 Å². The molecule has 0 amide bonds. The van der Waals surface area contributed by atoms with E-state index >= 15 is 0 Å². The lowest BCUT2D eigenvalue weighted by molar-refractivity contribution is 0.252. The summed E-state index contributed by atoms with van der Waals surface area (Å²) in [5, 5.41) is 3.27. The fourth-order valence-electron chi connectivity index (χ4n) is 2.01. The SMILES string of the molecule is COc1ccc(CNc2ccc(SC(F)F)cc2)cc1C. The molecule has 5 heteroatoms. The van der Waals surface area contributed by atoms with Crippen molar-refractivity contribution >= 4 is 17.4 Å². The zero-order valence-corrected chi connectivity index (χ0v) is 12.7. The van der Waals surface area contributed by atoms with Crippen LogP contribution in [0.5, 0.6) is 5.75 Å². The van der Waals surface area contributed by atoms with E-state index < -0.39 is 5.76 Å². The van der Waals surface area contributed by atoms with Crippen LogP contribution >= 0.6 is 11.8 Å². The average Bonchev–Trinajstić information content (AvgIpc) is 2.46. The minimum Gasteiger partial charge on any atom is -0.496 e. The van der Waals surface area contributed by atoms with Crippen molar-refractivity contribution in [2.24, 2.45) is 0 Å². The highest BCUT2D eigenvalue weighted by Crippen LogP contribution is 2.26. The largest absolute Gasteiger partial charge is 0.496 e. The molecular formula is C16H17F2NOS. The molecule has 0 aliphatic carbocycles. The molecule has 21 heavy (non-hydrogen) atoms. The van der Waals surface area contributed by atoms with Crippen LogP contribution < -0.4 is 10.1 Å². The zero-order valence-electron chi connectivity index (χ0n) is 11.9. The lowest BCUT2D eigenvalue weighted by Gasteiger charge is -2.10. The van der Waals surface area contributed by atoms with Crippen LogP contribution in [0.2, 0.25) is 0 Å². The number of nitrogens with one attached hydrogen (secondary N) is 1. The Morgan fingerprint density at radius 3 is 2.43 bits per heavy atom. The molecule has 2 nitrogen and oxygen atoms in total. The molecule has 0 spiro atoms. The minimum absolute atomic E-state index is 0.553. The Bertz CT molecular complexity index is 587. The van der Waals surface area contributed by atoms with Gasteiger partial charge in [0.15, 0.2) is 0 Å². The van der Waals surface area contributed by atoms with Gasteiger partial charge >= 0.3 is 0 Å². The van der Waals surface area contributed by atoms with E-state index in [4.69, 9.17) is 4.74 Å². The first kappa shape index (κ1) is 15.6. The van der Waals surface area contributed by atoms with Gasteiger partial charge in [0.1, 0.15) is 5.75 Å². The van der Waals surface area contributed by atoms with Crippen molar-refractivity contribution in [3.8, 4) is 5.75 Å². The van der Waals surface area contributed by atoms with E-state index in [-0.39, 0.29) is 0 Å². The highest BCUT2D eigenvalue weighted by Gasteiger charge is 2.05. The number of anilines is 1. The van der Waals surface area contributed by atoms with E-state index in [9.17, 15) is 8.78 Å². The molecule has 0 unspecified atom stereocenters. The zero-order chi connectivity index (χ0) is 15.2. The number of thioether (sulfide) groups is 1. The maximum Gasteiger partial charge on any atom is 0.288 e. The first-order valence-electron chi connectivity index (χ1n) is 6.51. The Labute approximate surface area is 127 Å². The number of alkyl halides is 2. The molecule has 0 heterocycles. The number of hydrogen-bond donors (Lipinski definition) is 1. The van der Waals surface area contributed by atoms with Gasteiger partial charge in [-0.15, -0.1) is 0 Å². The lowest BCUT2D eigenvalue weighted by atomic mass is 10.1. The van der Waals surface area contributed by atoms with Gasteiger partial charge in [-0.1, -0.05) is 23.9 Å². The summed E-state index contributed by atoms with van der Waals surface area (Å²) in [5.41, 5.74) is 3.13. The number of aryl methyl sites for hydroxylation is 1. The summed E-state index contributed by atoms with van der Waals surface area (Å²) in [4.78, 5) is 0.566. The highest BCUT2D eigenvalue weighted by molar-refractivity contribution is 7.99. The van der Waals surface area contributed by atoms with Gasteiger partial charge in [-0.3, -0.25) is 0 Å². The number of methoxy groups -OCH3 is 1. The van der Waals surface area contributed by atoms with Gasteiger partial charge in [-0.05, 0) is 48.4 Å². The van der Waals surface area contributed by atoms with E-state index in [1.165, 1.54) is 0 Å². The van der Waals surface area contributed by atoms with Crippen LogP contribution in [-0.2, 0) is 6.54 Å². The third-order valence-electron chi connectivity index (χ3n) is 3.04. The summed E-state index contributed by atoms with van der Waals surface area (Å²) in [7, 11) is 1.65. The van der Waals surface area contributed by atoms with Crippen LogP contribution in [-0.4, -0.2) is 12.9 Å². The Hall–Kier alpha value is -1.75. The predicted octanol–water partition coefficient (Wildman–Crippen LogP) is 4.93. The number of ether oxygens (including phenoxy) is 1. The second kappa shape index (κ2) is 7.31. The quantitative estimate of drug-likeness (QED) is 0.764. The number of halogens is 2. The summed E-state index contributed by atoms with van der Waals surface area (Å²) in [6.07, 6.45) is 0. The Kier molecular flexibility index (Phi) is 5.44.